The van der Waals surface area contributed by atoms with Gasteiger partial charge in [0.25, 0.3) is 0 Å². The predicted molar refractivity (Wildman–Crippen MR) is 65.3 cm³/mol. The SMILES string of the molecule is O=Cc1ccc(C#CC2=CCCCC2)cc1. The molecule has 0 aliphatic heterocycles. The van der Waals surface area contributed by atoms with Crippen molar-refractivity contribution >= 4 is 6.29 Å². The third-order valence-electron chi connectivity index (χ3n) is 2.71. The van der Waals surface area contributed by atoms with Crippen LogP contribution in [0.4, 0.5) is 0 Å². The van der Waals surface area contributed by atoms with Crippen LogP contribution in [0.15, 0.2) is 35.9 Å². The molecule has 0 bridgehead atoms. The van der Waals surface area contributed by atoms with Crippen molar-refractivity contribution in [1.82, 2.24) is 0 Å². The van der Waals surface area contributed by atoms with Gasteiger partial charge in [0, 0.05) is 11.1 Å². The van der Waals surface area contributed by atoms with Crippen molar-refractivity contribution in [2.45, 2.75) is 25.7 Å². The van der Waals surface area contributed by atoms with Crippen LogP contribution in [-0.2, 0) is 0 Å². The summed E-state index contributed by atoms with van der Waals surface area (Å²) in [6.45, 7) is 0. The summed E-state index contributed by atoms with van der Waals surface area (Å²) >= 11 is 0. The third kappa shape index (κ3) is 2.84. The zero-order valence-electron chi connectivity index (χ0n) is 9.20. The average molecular weight is 210 g/mol. The second kappa shape index (κ2) is 5.32. The Morgan fingerprint density at radius 1 is 1.06 bits per heavy atom. The van der Waals surface area contributed by atoms with E-state index in [1.54, 1.807) is 12.1 Å². The Balaban J connectivity index is 2.10. The quantitative estimate of drug-likeness (QED) is 0.513. The lowest BCUT2D eigenvalue weighted by Gasteiger charge is -2.05. The molecule has 1 aliphatic rings. The average Bonchev–Trinajstić information content (AvgIpc) is 2.38. The lowest BCUT2D eigenvalue weighted by molar-refractivity contribution is 0.112. The van der Waals surface area contributed by atoms with Crippen LogP contribution in [0.3, 0.4) is 0 Å². The molecule has 1 aliphatic carbocycles. The van der Waals surface area contributed by atoms with Gasteiger partial charge >= 0.3 is 0 Å². The number of rotatable bonds is 1. The minimum atomic E-state index is 0.697. The van der Waals surface area contributed by atoms with E-state index in [0.717, 1.165) is 24.7 Å². The molecule has 0 saturated carbocycles. The van der Waals surface area contributed by atoms with E-state index in [1.165, 1.54) is 18.4 Å². The number of carbonyl (C=O) groups excluding carboxylic acids is 1. The van der Waals surface area contributed by atoms with Gasteiger partial charge in [-0.1, -0.05) is 30.0 Å². The maximum absolute atomic E-state index is 10.5. The first-order valence-corrected chi connectivity index (χ1v) is 5.65. The van der Waals surface area contributed by atoms with Crippen LogP contribution in [0.2, 0.25) is 0 Å². The smallest absolute Gasteiger partial charge is 0.150 e. The van der Waals surface area contributed by atoms with Gasteiger partial charge in [0.1, 0.15) is 6.29 Å². The highest BCUT2D eigenvalue weighted by atomic mass is 16.1. The zero-order chi connectivity index (χ0) is 11.2. The van der Waals surface area contributed by atoms with Crippen molar-refractivity contribution in [3.8, 4) is 11.8 Å². The molecule has 80 valence electrons. The minimum Gasteiger partial charge on any atom is -0.298 e. The Morgan fingerprint density at radius 2 is 1.88 bits per heavy atom. The summed E-state index contributed by atoms with van der Waals surface area (Å²) in [5, 5.41) is 0. The van der Waals surface area contributed by atoms with Crippen LogP contribution in [-0.4, -0.2) is 6.29 Å². The molecule has 1 aromatic carbocycles. The van der Waals surface area contributed by atoms with E-state index >= 15 is 0 Å². The number of carbonyl (C=O) groups is 1. The van der Waals surface area contributed by atoms with E-state index in [1.807, 2.05) is 12.1 Å². The molecule has 0 amide bonds. The fraction of sp³-hybridized carbons (Fsp3) is 0.267. The first-order chi connectivity index (χ1) is 7.88. The molecule has 0 spiro atoms. The van der Waals surface area contributed by atoms with Crippen molar-refractivity contribution < 1.29 is 4.79 Å². The summed E-state index contributed by atoms with van der Waals surface area (Å²) < 4.78 is 0. The molecule has 0 N–H and O–H groups in total. The Labute approximate surface area is 96.2 Å². The maximum atomic E-state index is 10.5. The van der Waals surface area contributed by atoms with Crippen LogP contribution < -0.4 is 0 Å². The lowest BCUT2D eigenvalue weighted by Crippen LogP contribution is -1.88. The van der Waals surface area contributed by atoms with Gasteiger partial charge in [-0.3, -0.25) is 4.79 Å². The molecule has 1 aromatic rings. The Hall–Kier alpha value is -1.81. The van der Waals surface area contributed by atoms with E-state index in [0.29, 0.717) is 5.56 Å². The van der Waals surface area contributed by atoms with Crippen LogP contribution >= 0.6 is 0 Å². The standard InChI is InChI=1S/C15H14O/c16-12-15-10-8-14(9-11-15)7-6-13-4-2-1-3-5-13/h4,8-12H,1-3,5H2. The second-order valence-electron chi connectivity index (χ2n) is 3.97. The summed E-state index contributed by atoms with van der Waals surface area (Å²) in [7, 11) is 0. The van der Waals surface area contributed by atoms with Gasteiger partial charge in [0.2, 0.25) is 0 Å². The number of aldehydes is 1. The highest BCUT2D eigenvalue weighted by Gasteiger charge is 1.99. The number of hydrogen-bond donors (Lipinski definition) is 0. The van der Waals surface area contributed by atoms with Gasteiger partial charge in [-0.05, 0) is 43.4 Å². The number of benzene rings is 1. The summed E-state index contributed by atoms with van der Waals surface area (Å²) in [5.74, 6) is 6.33. The molecule has 0 saturated heterocycles. The molecule has 1 heteroatoms. The largest absolute Gasteiger partial charge is 0.298 e. The summed E-state index contributed by atoms with van der Waals surface area (Å²) in [6, 6.07) is 7.37. The zero-order valence-corrected chi connectivity index (χ0v) is 9.20. The molecule has 1 nitrogen and oxygen atoms in total. The molecular formula is C15H14O. The van der Waals surface area contributed by atoms with Gasteiger partial charge in [-0.2, -0.15) is 0 Å². The van der Waals surface area contributed by atoms with Crippen LogP contribution in [0.5, 0.6) is 0 Å². The first kappa shape index (κ1) is 10.7. The highest BCUT2D eigenvalue weighted by molar-refractivity contribution is 5.74. The van der Waals surface area contributed by atoms with E-state index < -0.39 is 0 Å². The normalized spacial score (nSPS) is 14.6. The first-order valence-electron chi connectivity index (χ1n) is 5.65. The molecule has 16 heavy (non-hydrogen) atoms. The summed E-state index contributed by atoms with van der Waals surface area (Å²) in [6.07, 6.45) is 7.90. The van der Waals surface area contributed by atoms with Crippen molar-refractivity contribution in [1.29, 1.82) is 0 Å². The molecule has 0 radical (unpaired) electrons. The second-order valence-corrected chi connectivity index (χ2v) is 3.97. The van der Waals surface area contributed by atoms with Crippen LogP contribution in [0, 0.1) is 11.8 Å². The summed E-state index contributed by atoms with van der Waals surface area (Å²) in [5.41, 5.74) is 2.92. The minimum absolute atomic E-state index is 0.697. The van der Waals surface area contributed by atoms with E-state index in [9.17, 15) is 4.79 Å². The molecule has 2 rings (SSSR count). The predicted octanol–water partition coefficient (Wildman–Crippen LogP) is 3.35. The molecular weight excluding hydrogens is 196 g/mol. The van der Waals surface area contributed by atoms with E-state index in [2.05, 4.69) is 17.9 Å². The van der Waals surface area contributed by atoms with Gasteiger partial charge in [0.15, 0.2) is 0 Å². The Kier molecular flexibility index (Phi) is 3.56. The van der Waals surface area contributed by atoms with Gasteiger partial charge in [0.05, 0.1) is 0 Å². The third-order valence-corrected chi connectivity index (χ3v) is 2.71. The molecule has 0 aromatic heterocycles. The highest BCUT2D eigenvalue weighted by Crippen LogP contribution is 2.16. The number of allylic oxidation sites excluding steroid dienone is 2. The molecule has 0 fully saturated rings. The molecule has 0 atom stereocenters. The van der Waals surface area contributed by atoms with Gasteiger partial charge in [-0.25, -0.2) is 0 Å². The van der Waals surface area contributed by atoms with Gasteiger partial charge < -0.3 is 0 Å². The van der Waals surface area contributed by atoms with Crippen molar-refractivity contribution in [2.24, 2.45) is 0 Å². The lowest BCUT2D eigenvalue weighted by atomic mass is 10.00. The fourth-order valence-corrected chi connectivity index (χ4v) is 1.75. The monoisotopic (exact) mass is 210 g/mol. The van der Waals surface area contributed by atoms with Crippen LogP contribution in [0.25, 0.3) is 0 Å². The maximum Gasteiger partial charge on any atom is 0.150 e. The van der Waals surface area contributed by atoms with Gasteiger partial charge in [-0.15, -0.1) is 0 Å². The molecule has 0 heterocycles. The Bertz CT molecular complexity index is 454. The van der Waals surface area contributed by atoms with Crippen molar-refractivity contribution in [3.05, 3.63) is 47.0 Å². The fourth-order valence-electron chi connectivity index (χ4n) is 1.75. The molecule has 0 unspecified atom stereocenters. The topological polar surface area (TPSA) is 17.1 Å². The summed E-state index contributed by atoms with van der Waals surface area (Å²) in [4.78, 5) is 10.5. The van der Waals surface area contributed by atoms with Crippen molar-refractivity contribution in [3.63, 3.8) is 0 Å². The van der Waals surface area contributed by atoms with E-state index in [-0.39, 0.29) is 0 Å². The Morgan fingerprint density at radius 3 is 2.50 bits per heavy atom. The van der Waals surface area contributed by atoms with Crippen molar-refractivity contribution in [2.75, 3.05) is 0 Å². The van der Waals surface area contributed by atoms with Crippen LogP contribution in [0.1, 0.15) is 41.6 Å². The van der Waals surface area contributed by atoms with E-state index in [4.69, 9.17) is 0 Å². The number of hydrogen-bond acceptors (Lipinski definition) is 1.